The summed E-state index contributed by atoms with van der Waals surface area (Å²) in [5.74, 6) is 0.402. The van der Waals surface area contributed by atoms with Gasteiger partial charge in [-0.2, -0.15) is 0 Å². The van der Waals surface area contributed by atoms with Crippen molar-refractivity contribution in [2.24, 2.45) is 11.7 Å². The van der Waals surface area contributed by atoms with Gasteiger partial charge in [0, 0.05) is 19.2 Å². The Labute approximate surface area is 74.5 Å². The molecule has 0 saturated carbocycles. The normalized spacial score (nSPS) is 24.2. The molecule has 0 amide bonds. The fourth-order valence-corrected chi connectivity index (χ4v) is 1.63. The first kappa shape index (κ1) is 9.96. The molecule has 1 aliphatic heterocycles. The van der Waals surface area contributed by atoms with Gasteiger partial charge in [-0.3, -0.25) is 0 Å². The van der Waals surface area contributed by atoms with Gasteiger partial charge in [0.1, 0.15) is 0 Å². The molecule has 1 fully saturated rings. The van der Waals surface area contributed by atoms with Crippen LogP contribution in [-0.4, -0.2) is 42.3 Å². The summed E-state index contributed by atoms with van der Waals surface area (Å²) in [6.45, 7) is 5.59. The maximum atomic E-state index is 8.87. The van der Waals surface area contributed by atoms with E-state index in [1.165, 1.54) is 0 Å². The Bertz CT molecular complexity index is 122. The van der Waals surface area contributed by atoms with E-state index in [1.54, 1.807) is 0 Å². The molecule has 1 rings (SSSR count). The molecule has 0 bridgehead atoms. The molecule has 0 aromatic carbocycles. The van der Waals surface area contributed by atoms with Crippen LogP contribution < -0.4 is 5.73 Å². The third-order valence-electron chi connectivity index (χ3n) is 2.51. The van der Waals surface area contributed by atoms with Crippen LogP contribution in [0, 0.1) is 5.92 Å². The van der Waals surface area contributed by atoms with Gasteiger partial charge in [0.25, 0.3) is 0 Å². The molecule has 1 aliphatic rings. The van der Waals surface area contributed by atoms with E-state index in [-0.39, 0.29) is 0 Å². The molecular weight excluding hydrogens is 152 g/mol. The molecule has 12 heavy (non-hydrogen) atoms. The molecule has 0 aliphatic carbocycles. The van der Waals surface area contributed by atoms with Gasteiger partial charge in [0.05, 0.1) is 0 Å². The van der Waals surface area contributed by atoms with E-state index in [9.17, 15) is 0 Å². The molecule has 0 spiro atoms. The maximum absolute atomic E-state index is 8.87. The van der Waals surface area contributed by atoms with Crippen molar-refractivity contribution in [3.05, 3.63) is 0 Å². The Morgan fingerprint density at radius 1 is 1.50 bits per heavy atom. The first-order valence-electron chi connectivity index (χ1n) is 4.81. The van der Waals surface area contributed by atoms with Crippen LogP contribution in [0.1, 0.15) is 19.8 Å². The highest BCUT2D eigenvalue weighted by Gasteiger charge is 2.16. The predicted octanol–water partition coefficient (Wildman–Crippen LogP) is 0.0379. The topological polar surface area (TPSA) is 49.5 Å². The van der Waals surface area contributed by atoms with Crippen LogP contribution in [-0.2, 0) is 0 Å². The van der Waals surface area contributed by atoms with Gasteiger partial charge in [-0.05, 0) is 31.8 Å². The standard InChI is InChI=1S/C9H20N2O/c1-8(7-12)6-11-4-2-9(10)3-5-11/h8-9,12H,2-7,10H2,1H3. The monoisotopic (exact) mass is 172 g/mol. The molecule has 3 heteroatoms. The molecule has 1 saturated heterocycles. The minimum absolute atomic E-state index is 0.294. The van der Waals surface area contributed by atoms with Crippen LogP contribution in [0.5, 0.6) is 0 Å². The lowest BCUT2D eigenvalue weighted by atomic mass is 10.0. The van der Waals surface area contributed by atoms with Gasteiger partial charge in [-0.25, -0.2) is 0 Å². The summed E-state index contributed by atoms with van der Waals surface area (Å²) in [5.41, 5.74) is 5.78. The van der Waals surface area contributed by atoms with Crippen LogP contribution in [0.4, 0.5) is 0 Å². The zero-order chi connectivity index (χ0) is 8.97. The summed E-state index contributed by atoms with van der Waals surface area (Å²) < 4.78 is 0. The summed E-state index contributed by atoms with van der Waals surface area (Å²) in [6, 6.07) is 0.408. The van der Waals surface area contributed by atoms with Crippen molar-refractivity contribution in [2.45, 2.75) is 25.8 Å². The van der Waals surface area contributed by atoms with Crippen LogP contribution in [0.3, 0.4) is 0 Å². The average molecular weight is 172 g/mol. The Morgan fingerprint density at radius 2 is 2.08 bits per heavy atom. The number of piperidine rings is 1. The first-order valence-corrected chi connectivity index (χ1v) is 4.81. The Morgan fingerprint density at radius 3 is 2.58 bits per heavy atom. The van der Waals surface area contributed by atoms with Gasteiger partial charge in [-0.1, -0.05) is 6.92 Å². The van der Waals surface area contributed by atoms with Crippen molar-refractivity contribution in [1.82, 2.24) is 4.90 Å². The highest BCUT2D eigenvalue weighted by molar-refractivity contribution is 4.74. The number of nitrogens with two attached hydrogens (primary N) is 1. The Balaban J connectivity index is 2.17. The van der Waals surface area contributed by atoms with Gasteiger partial charge < -0.3 is 15.7 Å². The molecule has 1 unspecified atom stereocenters. The lowest BCUT2D eigenvalue weighted by molar-refractivity contribution is 0.149. The van der Waals surface area contributed by atoms with Crippen molar-refractivity contribution < 1.29 is 5.11 Å². The predicted molar refractivity (Wildman–Crippen MR) is 49.9 cm³/mol. The lowest BCUT2D eigenvalue weighted by Gasteiger charge is -2.31. The molecule has 1 atom stereocenters. The van der Waals surface area contributed by atoms with Crippen molar-refractivity contribution in [3.8, 4) is 0 Å². The van der Waals surface area contributed by atoms with E-state index >= 15 is 0 Å². The largest absolute Gasteiger partial charge is 0.396 e. The number of hydrogen-bond donors (Lipinski definition) is 2. The van der Waals surface area contributed by atoms with E-state index in [4.69, 9.17) is 10.8 Å². The molecular formula is C9H20N2O. The fraction of sp³-hybridized carbons (Fsp3) is 1.00. The summed E-state index contributed by atoms with van der Waals surface area (Å²) in [4.78, 5) is 2.39. The SMILES string of the molecule is CC(CO)CN1CCC(N)CC1. The second-order valence-corrected chi connectivity index (χ2v) is 3.93. The number of nitrogens with zero attached hydrogens (tertiary/aromatic N) is 1. The van der Waals surface area contributed by atoms with Crippen LogP contribution >= 0.6 is 0 Å². The average Bonchev–Trinajstić information content (AvgIpc) is 2.09. The minimum Gasteiger partial charge on any atom is -0.396 e. The first-order chi connectivity index (χ1) is 5.72. The van der Waals surface area contributed by atoms with Crippen LogP contribution in [0.25, 0.3) is 0 Å². The smallest absolute Gasteiger partial charge is 0.0468 e. The summed E-state index contributed by atoms with van der Waals surface area (Å²) in [5, 5.41) is 8.87. The molecule has 0 aromatic heterocycles. The number of hydrogen-bond acceptors (Lipinski definition) is 3. The van der Waals surface area contributed by atoms with Crippen LogP contribution in [0.15, 0.2) is 0 Å². The molecule has 0 aromatic rings. The van der Waals surface area contributed by atoms with Crippen LogP contribution in [0.2, 0.25) is 0 Å². The van der Waals surface area contributed by atoms with E-state index in [1.807, 2.05) is 0 Å². The molecule has 72 valence electrons. The molecule has 0 radical (unpaired) electrons. The number of rotatable bonds is 3. The number of aliphatic hydroxyl groups excluding tert-OH is 1. The lowest BCUT2D eigenvalue weighted by Crippen LogP contribution is -2.41. The third kappa shape index (κ3) is 3.09. The highest BCUT2D eigenvalue weighted by atomic mass is 16.3. The summed E-state index contributed by atoms with van der Waals surface area (Å²) in [7, 11) is 0. The van der Waals surface area contributed by atoms with Crippen molar-refractivity contribution in [1.29, 1.82) is 0 Å². The van der Waals surface area contributed by atoms with Gasteiger partial charge >= 0.3 is 0 Å². The van der Waals surface area contributed by atoms with Crippen molar-refractivity contribution in [3.63, 3.8) is 0 Å². The highest BCUT2D eigenvalue weighted by Crippen LogP contribution is 2.09. The molecule has 3 N–H and O–H groups in total. The molecule has 1 heterocycles. The second-order valence-electron chi connectivity index (χ2n) is 3.93. The minimum atomic E-state index is 0.294. The van der Waals surface area contributed by atoms with Gasteiger partial charge in [-0.15, -0.1) is 0 Å². The Hall–Kier alpha value is -0.120. The van der Waals surface area contributed by atoms with Crippen molar-refractivity contribution >= 4 is 0 Å². The third-order valence-corrected chi connectivity index (χ3v) is 2.51. The molecule has 3 nitrogen and oxygen atoms in total. The fourth-order valence-electron chi connectivity index (χ4n) is 1.63. The van der Waals surface area contributed by atoms with E-state index in [2.05, 4.69) is 11.8 Å². The summed E-state index contributed by atoms with van der Waals surface area (Å²) >= 11 is 0. The Kier molecular flexibility index (Phi) is 3.98. The van der Waals surface area contributed by atoms with E-state index < -0.39 is 0 Å². The van der Waals surface area contributed by atoms with Gasteiger partial charge in [0.2, 0.25) is 0 Å². The quantitative estimate of drug-likeness (QED) is 0.632. The van der Waals surface area contributed by atoms with Crippen molar-refractivity contribution in [2.75, 3.05) is 26.2 Å². The van der Waals surface area contributed by atoms with E-state index in [0.29, 0.717) is 18.6 Å². The van der Waals surface area contributed by atoms with E-state index in [0.717, 1.165) is 32.5 Å². The number of aliphatic hydroxyl groups is 1. The second kappa shape index (κ2) is 4.80. The zero-order valence-electron chi connectivity index (χ0n) is 7.87. The summed E-state index contributed by atoms with van der Waals surface area (Å²) in [6.07, 6.45) is 2.22. The maximum Gasteiger partial charge on any atom is 0.0468 e. The van der Waals surface area contributed by atoms with Gasteiger partial charge in [0.15, 0.2) is 0 Å². The zero-order valence-corrected chi connectivity index (χ0v) is 7.87. The number of likely N-dealkylation sites (tertiary alicyclic amines) is 1.